The van der Waals surface area contributed by atoms with E-state index in [1.165, 1.54) is 13.2 Å². The van der Waals surface area contributed by atoms with Crippen LogP contribution in [0.2, 0.25) is 0 Å². The van der Waals surface area contributed by atoms with Gasteiger partial charge in [-0.3, -0.25) is 4.79 Å². The molecule has 1 aromatic heterocycles. The van der Waals surface area contributed by atoms with Crippen molar-refractivity contribution in [2.24, 2.45) is 0 Å². The van der Waals surface area contributed by atoms with E-state index in [2.05, 4.69) is 10.3 Å². The molecule has 2 aromatic carbocycles. The molecular weight excluding hydrogens is 409 g/mol. The van der Waals surface area contributed by atoms with Crippen LogP contribution >= 0.6 is 0 Å². The Bertz CT molecular complexity index is 1200. The lowest BCUT2D eigenvalue weighted by Crippen LogP contribution is -2.58. The molecule has 2 unspecified atom stereocenters. The lowest BCUT2D eigenvalue weighted by Gasteiger charge is -2.49. The fourth-order valence-corrected chi connectivity index (χ4v) is 4.73. The molecule has 1 aliphatic rings. The summed E-state index contributed by atoms with van der Waals surface area (Å²) in [6.07, 6.45) is -5.43. The third-order valence-electron chi connectivity index (χ3n) is 6.01. The molecule has 0 spiro atoms. The predicted molar refractivity (Wildman–Crippen MR) is 113 cm³/mol. The molecule has 0 saturated heterocycles. The normalized spacial score (nSPS) is 22.7. The van der Waals surface area contributed by atoms with Crippen LogP contribution in [0.4, 0.5) is 18.9 Å². The molecule has 0 amide bonds. The van der Waals surface area contributed by atoms with Crippen molar-refractivity contribution >= 4 is 16.6 Å². The lowest BCUT2D eigenvalue weighted by atomic mass is 9.63. The van der Waals surface area contributed by atoms with Crippen LogP contribution in [0.25, 0.3) is 10.9 Å². The number of hydrogen-bond donors (Lipinski definition) is 3. The Hall–Kier alpha value is -3.00. The van der Waals surface area contributed by atoms with Crippen molar-refractivity contribution in [1.82, 2.24) is 4.98 Å². The molecule has 8 heteroatoms. The van der Waals surface area contributed by atoms with E-state index in [1.807, 2.05) is 0 Å². The summed E-state index contributed by atoms with van der Waals surface area (Å²) >= 11 is 0. The van der Waals surface area contributed by atoms with Gasteiger partial charge in [-0.2, -0.15) is 13.2 Å². The van der Waals surface area contributed by atoms with Gasteiger partial charge in [-0.15, -0.1) is 0 Å². The Morgan fingerprint density at radius 2 is 1.84 bits per heavy atom. The Morgan fingerprint density at radius 3 is 2.52 bits per heavy atom. The summed E-state index contributed by atoms with van der Waals surface area (Å²) < 4.78 is 48.3. The van der Waals surface area contributed by atoms with Gasteiger partial charge in [-0.05, 0) is 41.7 Å². The molecule has 0 radical (unpaired) electrons. The highest BCUT2D eigenvalue weighted by Crippen LogP contribution is 2.56. The number of fused-ring (bicyclic) bond motifs is 2. The molecule has 0 aliphatic heterocycles. The van der Waals surface area contributed by atoms with Gasteiger partial charge < -0.3 is 20.1 Å². The zero-order valence-corrected chi connectivity index (χ0v) is 17.3. The van der Waals surface area contributed by atoms with Crippen molar-refractivity contribution in [3.8, 4) is 5.75 Å². The topological polar surface area (TPSA) is 74.3 Å². The van der Waals surface area contributed by atoms with Crippen LogP contribution in [0, 0.1) is 0 Å². The first-order valence-electron chi connectivity index (χ1n) is 9.83. The number of alkyl halides is 3. The second kappa shape index (κ2) is 7.02. The van der Waals surface area contributed by atoms with Crippen molar-refractivity contribution in [3.05, 3.63) is 70.0 Å². The molecule has 3 N–H and O–H groups in total. The standard InChI is InChI=1S/C23H23F3N2O3/c1-21(2)12-22(30,23(24,25)26)20(14-6-4-9-17(31-3)19(14)21)28-16-8-5-7-15-13(16)10-11-18(29)27-15/h4-11,20,28,30H,12H2,1-3H3,(H,27,29). The molecule has 5 nitrogen and oxygen atoms in total. The van der Waals surface area contributed by atoms with E-state index in [-0.39, 0.29) is 5.56 Å². The average Bonchev–Trinajstić information content (AvgIpc) is 2.69. The van der Waals surface area contributed by atoms with Crippen LogP contribution in [0.5, 0.6) is 5.75 Å². The maximum atomic E-state index is 14.3. The molecule has 1 aliphatic carbocycles. The minimum absolute atomic E-state index is 0.314. The van der Waals surface area contributed by atoms with Crippen LogP contribution in [0.3, 0.4) is 0 Å². The Morgan fingerprint density at radius 1 is 1.13 bits per heavy atom. The van der Waals surface area contributed by atoms with Gasteiger partial charge in [-0.25, -0.2) is 0 Å². The fourth-order valence-electron chi connectivity index (χ4n) is 4.73. The van der Waals surface area contributed by atoms with E-state index in [4.69, 9.17) is 4.74 Å². The number of ether oxygens (including phenoxy) is 1. The number of H-pyrrole nitrogens is 1. The van der Waals surface area contributed by atoms with Crippen LogP contribution in [0.15, 0.2) is 53.3 Å². The van der Waals surface area contributed by atoms with Crippen molar-refractivity contribution < 1.29 is 23.0 Å². The summed E-state index contributed by atoms with van der Waals surface area (Å²) in [5.74, 6) is 0.473. The molecule has 3 aromatic rings. The summed E-state index contributed by atoms with van der Waals surface area (Å²) in [4.78, 5) is 14.3. The maximum absolute atomic E-state index is 14.3. The monoisotopic (exact) mass is 432 g/mol. The average molecular weight is 432 g/mol. The Labute approximate surface area is 176 Å². The van der Waals surface area contributed by atoms with Crippen LogP contribution in [-0.2, 0) is 5.41 Å². The van der Waals surface area contributed by atoms with Gasteiger partial charge in [-0.1, -0.05) is 32.0 Å². The molecule has 164 valence electrons. The minimum Gasteiger partial charge on any atom is -0.496 e. The first-order chi connectivity index (χ1) is 14.5. The smallest absolute Gasteiger partial charge is 0.419 e. The van der Waals surface area contributed by atoms with Crippen LogP contribution < -0.4 is 15.6 Å². The van der Waals surface area contributed by atoms with Crippen molar-refractivity contribution in [3.63, 3.8) is 0 Å². The van der Waals surface area contributed by atoms with Gasteiger partial charge in [0.05, 0.1) is 18.7 Å². The predicted octanol–water partition coefficient (Wildman–Crippen LogP) is 4.66. The van der Waals surface area contributed by atoms with Gasteiger partial charge in [0.15, 0.2) is 5.60 Å². The largest absolute Gasteiger partial charge is 0.496 e. The number of aromatic nitrogens is 1. The molecule has 31 heavy (non-hydrogen) atoms. The zero-order valence-electron chi connectivity index (χ0n) is 17.3. The second-order valence-electron chi connectivity index (χ2n) is 8.57. The number of rotatable bonds is 3. The first-order valence-corrected chi connectivity index (χ1v) is 9.83. The van der Waals surface area contributed by atoms with Crippen LogP contribution in [0.1, 0.15) is 37.4 Å². The number of pyridine rings is 1. The summed E-state index contributed by atoms with van der Waals surface area (Å²) in [5.41, 5.74) is -2.54. The van der Waals surface area contributed by atoms with E-state index < -0.39 is 29.7 Å². The molecular formula is C23H23F3N2O3. The highest BCUT2D eigenvalue weighted by molar-refractivity contribution is 5.91. The summed E-state index contributed by atoms with van der Waals surface area (Å²) in [6.45, 7) is 3.34. The molecule has 0 fully saturated rings. The SMILES string of the molecule is COc1cccc2c1C(C)(C)CC(O)(C(F)(F)F)C2Nc1cccc2[nH]c(=O)ccc12. The Balaban J connectivity index is 1.95. The number of aromatic amines is 1. The third-order valence-corrected chi connectivity index (χ3v) is 6.01. The highest BCUT2D eigenvalue weighted by atomic mass is 19.4. The van der Waals surface area contributed by atoms with E-state index in [1.54, 1.807) is 56.3 Å². The van der Waals surface area contributed by atoms with Crippen molar-refractivity contribution in [1.29, 1.82) is 0 Å². The quantitative estimate of drug-likeness (QED) is 0.563. The zero-order chi connectivity index (χ0) is 22.6. The molecule has 2 atom stereocenters. The minimum atomic E-state index is -4.89. The maximum Gasteiger partial charge on any atom is 0.419 e. The lowest BCUT2D eigenvalue weighted by molar-refractivity contribution is -0.275. The van der Waals surface area contributed by atoms with Gasteiger partial charge in [0, 0.05) is 22.7 Å². The highest BCUT2D eigenvalue weighted by Gasteiger charge is 2.64. The van der Waals surface area contributed by atoms with E-state index in [0.29, 0.717) is 33.5 Å². The molecule has 1 heterocycles. The molecule has 0 bridgehead atoms. The number of benzene rings is 2. The number of methoxy groups -OCH3 is 1. The van der Waals surface area contributed by atoms with Crippen molar-refractivity contribution in [2.75, 3.05) is 12.4 Å². The molecule has 0 saturated carbocycles. The van der Waals surface area contributed by atoms with Gasteiger partial charge in [0.25, 0.3) is 0 Å². The van der Waals surface area contributed by atoms with Crippen LogP contribution in [-0.4, -0.2) is 29.0 Å². The number of aliphatic hydroxyl groups is 1. The number of nitrogens with one attached hydrogen (secondary N) is 2. The number of anilines is 1. The van der Waals surface area contributed by atoms with Gasteiger partial charge >= 0.3 is 6.18 Å². The van der Waals surface area contributed by atoms with Crippen molar-refractivity contribution in [2.45, 2.75) is 43.5 Å². The third kappa shape index (κ3) is 3.35. The van der Waals surface area contributed by atoms with E-state index in [9.17, 15) is 23.1 Å². The summed E-state index contributed by atoms with van der Waals surface area (Å²) in [6, 6.07) is 11.2. The van der Waals surface area contributed by atoms with E-state index >= 15 is 0 Å². The number of hydrogen-bond acceptors (Lipinski definition) is 4. The van der Waals surface area contributed by atoms with Gasteiger partial charge in [0.1, 0.15) is 5.75 Å². The fraction of sp³-hybridized carbons (Fsp3) is 0.348. The summed E-state index contributed by atoms with van der Waals surface area (Å²) in [5, 5.41) is 14.6. The molecule has 4 rings (SSSR count). The summed E-state index contributed by atoms with van der Waals surface area (Å²) in [7, 11) is 1.47. The Kier molecular flexibility index (Phi) is 4.81. The van der Waals surface area contributed by atoms with Gasteiger partial charge in [0.2, 0.25) is 5.56 Å². The number of halogens is 3. The second-order valence-corrected chi connectivity index (χ2v) is 8.57. The first kappa shape index (κ1) is 21.2. The van der Waals surface area contributed by atoms with E-state index in [0.717, 1.165) is 0 Å².